The number of aromatic nitrogens is 3. The first-order valence-corrected chi connectivity index (χ1v) is 5.89. The smallest absolute Gasteiger partial charge is 0.232 e. The molecular weight excluding hydrogens is 298 g/mol. The van der Waals surface area contributed by atoms with Gasteiger partial charge in [-0.2, -0.15) is 15.0 Å². The van der Waals surface area contributed by atoms with Crippen molar-refractivity contribution in [3.8, 4) is 5.75 Å². The van der Waals surface area contributed by atoms with Crippen molar-refractivity contribution in [2.45, 2.75) is 0 Å². The molecular formula is C10H7Cl3N4O. The maximum Gasteiger partial charge on any atom is 0.232 e. The van der Waals surface area contributed by atoms with Gasteiger partial charge in [0.05, 0.1) is 12.8 Å². The number of hydrogen-bond donors (Lipinski definition) is 1. The fourth-order valence-electron chi connectivity index (χ4n) is 1.27. The Morgan fingerprint density at radius 1 is 1.06 bits per heavy atom. The molecule has 1 heterocycles. The fourth-order valence-corrected chi connectivity index (χ4v) is 1.80. The third-order valence-electron chi connectivity index (χ3n) is 1.99. The SMILES string of the molecule is COc1cc(Cl)ccc1Nc1nc(Cl)nc(Cl)n1. The van der Waals surface area contributed by atoms with Crippen LogP contribution in [0.25, 0.3) is 0 Å². The van der Waals surface area contributed by atoms with E-state index in [2.05, 4.69) is 20.3 Å². The van der Waals surface area contributed by atoms with E-state index >= 15 is 0 Å². The number of rotatable bonds is 3. The van der Waals surface area contributed by atoms with Crippen LogP contribution >= 0.6 is 34.8 Å². The van der Waals surface area contributed by atoms with Crippen LogP contribution in [0.5, 0.6) is 5.75 Å². The molecule has 5 nitrogen and oxygen atoms in total. The van der Waals surface area contributed by atoms with Crippen molar-refractivity contribution in [1.29, 1.82) is 0 Å². The molecule has 0 saturated carbocycles. The molecule has 94 valence electrons. The number of hydrogen-bond acceptors (Lipinski definition) is 5. The molecule has 0 bridgehead atoms. The molecule has 0 unspecified atom stereocenters. The van der Waals surface area contributed by atoms with E-state index in [1.807, 2.05) is 0 Å². The fraction of sp³-hybridized carbons (Fsp3) is 0.100. The van der Waals surface area contributed by atoms with Gasteiger partial charge in [-0.05, 0) is 35.3 Å². The van der Waals surface area contributed by atoms with Crippen LogP contribution in [-0.4, -0.2) is 22.1 Å². The Morgan fingerprint density at radius 2 is 1.72 bits per heavy atom. The first-order chi connectivity index (χ1) is 8.58. The van der Waals surface area contributed by atoms with Gasteiger partial charge in [-0.3, -0.25) is 0 Å². The second-order valence-electron chi connectivity index (χ2n) is 3.17. The van der Waals surface area contributed by atoms with Gasteiger partial charge in [-0.25, -0.2) is 0 Å². The van der Waals surface area contributed by atoms with E-state index in [1.165, 1.54) is 7.11 Å². The van der Waals surface area contributed by atoms with Crippen LogP contribution in [0.3, 0.4) is 0 Å². The molecule has 1 N–H and O–H groups in total. The second kappa shape index (κ2) is 5.56. The van der Waals surface area contributed by atoms with E-state index in [0.717, 1.165) is 0 Å². The molecule has 0 aliphatic heterocycles. The molecule has 2 aromatic rings. The van der Waals surface area contributed by atoms with Crippen LogP contribution in [0.1, 0.15) is 0 Å². The third kappa shape index (κ3) is 3.13. The zero-order chi connectivity index (χ0) is 13.1. The Morgan fingerprint density at radius 3 is 2.33 bits per heavy atom. The molecule has 1 aromatic carbocycles. The number of methoxy groups -OCH3 is 1. The van der Waals surface area contributed by atoms with E-state index in [9.17, 15) is 0 Å². The Kier molecular flexibility index (Phi) is 4.06. The maximum atomic E-state index is 5.86. The molecule has 0 spiro atoms. The molecule has 18 heavy (non-hydrogen) atoms. The van der Waals surface area contributed by atoms with Crippen LogP contribution in [0.4, 0.5) is 11.6 Å². The Hall–Kier alpha value is -1.30. The summed E-state index contributed by atoms with van der Waals surface area (Å²) in [6, 6.07) is 5.10. The number of benzene rings is 1. The van der Waals surface area contributed by atoms with Crippen molar-refractivity contribution in [2.24, 2.45) is 0 Å². The molecule has 8 heteroatoms. The Labute approximate surface area is 118 Å². The van der Waals surface area contributed by atoms with Crippen molar-refractivity contribution in [1.82, 2.24) is 15.0 Å². The lowest BCUT2D eigenvalue weighted by Crippen LogP contribution is -2.01. The van der Waals surface area contributed by atoms with Gasteiger partial charge in [0.25, 0.3) is 0 Å². The largest absolute Gasteiger partial charge is 0.495 e. The third-order valence-corrected chi connectivity index (χ3v) is 2.56. The van der Waals surface area contributed by atoms with Gasteiger partial charge >= 0.3 is 0 Å². The highest BCUT2D eigenvalue weighted by Crippen LogP contribution is 2.29. The van der Waals surface area contributed by atoms with E-state index in [4.69, 9.17) is 39.5 Å². The summed E-state index contributed by atoms with van der Waals surface area (Å²) >= 11 is 17.2. The zero-order valence-electron chi connectivity index (χ0n) is 9.12. The van der Waals surface area contributed by atoms with Gasteiger partial charge in [-0.1, -0.05) is 11.6 Å². The number of ether oxygens (including phenoxy) is 1. The second-order valence-corrected chi connectivity index (χ2v) is 4.28. The molecule has 0 radical (unpaired) electrons. The average Bonchev–Trinajstić information content (AvgIpc) is 2.30. The van der Waals surface area contributed by atoms with Gasteiger partial charge < -0.3 is 10.1 Å². The standard InChI is InChI=1S/C10H7Cl3N4O/c1-18-7-4-5(11)2-3-6(7)14-10-16-8(12)15-9(13)17-10/h2-4H,1H3,(H,14,15,16,17). The summed E-state index contributed by atoms with van der Waals surface area (Å²) in [5.74, 6) is 0.774. The summed E-state index contributed by atoms with van der Waals surface area (Å²) in [5.41, 5.74) is 0.639. The molecule has 0 amide bonds. The van der Waals surface area contributed by atoms with E-state index in [0.29, 0.717) is 16.5 Å². The normalized spacial score (nSPS) is 10.2. The monoisotopic (exact) mass is 304 g/mol. The topological polar surface area (TPSA) is 59.9 Å². The van der Waals surface area contributed by atoms with Crippen LogP contribution in [0.15, 0.2) is 18.2 Å². The molecule has 0 atom stereocenters. The highest BCUT2D eigenvalue weighted by molar-refractivity contribution is 6.31. The quantitative estimate of drug-likeness (QED) is 0.939. The van der Waals surface area contributed by atoms with E-state index in [-0.39, 0.29) is 16.5 Å². The Balaban J connectivity index is 2.33. The van der Waals surface area contributed by atoms with Crippen LogP contribution in [0, 0.1) is 0 Å². The van der Waals surface area contributed by atoms with Gasteiger partial charge in [0.2, 0.25) is 16.5 Å². The van der Waals surface area contributed by atoms with Crippen molar-refractivity contribution >= 4 is 46.4 Å². The summed E-state index contributed by atoms with van der Waals surface area (Å²) in [4.78, 5) is 11.4. The molecule has 0 aliphatic rings. The summed E-state index contributed by atoms with van der Waals surface area (Å²) in [6.07, 6.45) is 0. The van der Waals surface area contributed by atoms with Crippen molar-refractivity contribution in [2.75, 3.05) is 12.4 Å². The highest BCUT2D eigenvalue weighted by atomic mass is 35.5. The van der Waals surface area contributed by atoms with Crippen molar-refractivity contribution < 1.29 is 4.74 Å². The molecule has 0 saturated heterocycles. The maximum absolute atomic E-state index is 5.86. The number of nitrogens with zero attached hydrogens (tertiary/aromatic N) is 3. The number of anilines is 2. The lowest BCUT2D eigenvalue weighted by Gasteiger charge is -2.10. The average molecular weight is 306 g/mol. The number of nitrogens with one attached hydrogen (secondary N) is 1. The summed E-state index contributed by atoms with van der Waals surface area (Å²) in [6.45, 7) is 0. The van der Waals surface area contributed by atoms with Gasteiger partial charge in [0.1, 0.15) is 5.75 Å². The van der Waals surface area contributed by atoms with Gasteiger partial charge in [-0.15, -0.1) is 0 Å². The summed E-state index contributed by atoms with van der Waals surface area (Å²) < 4.78 is 5.17. The lowest BCUT2D eigenvalue weighted by molar-refractivity contribution is 0.417. The van der Waals surface area contributed by atoms with Gasteiger partial charge in [0.15, 0.2) is 0 Å². The molecule has 0 fully saturated rings. The highest BCUT2D eigenvalue weighted by Gasteiger charge is 2.08. The van der Waals surface area contributed by atoms with Gasteiger partial charge in [0, 0.05) is 11.1 Å². The predicted molar refractivity (Wildman–Crippen MR) is 71.1 cm³/mol. The van der Waals surface area contributed by atoms with Crippen LogP contribution < -0.4 is 10.1 Å². The minimum atomic E-state index is 0.00503. The van der Waals surface area contributed by atoms with Crippen molar-refractivity contribution in [3.63, 3.8) is 0 Å². The lowest BCUT2D eigenvalue weighted by atomic mass is 10.3. The first kappa shape index (κ1) is 13.1. The van der Waals surface area contributed by atoms with Crippen LogP contribution in [0.2, 0.25) is 15.6 Å². The summed E-state index contributed by atoms with van der Waals surface area (Å²) in [7, 11) is 1.53. The molecule has 0 aliphatic carbocycles. The zero-order valence-corrected chi connectivity index (χ0v) is 11.4. The van der Waals surface area contributed by atoms with E-state index in [1.54, 1.807) is 18.2 Å². The van der Waals surface area contributed by atoms with Crippen molar-refractivity contribution in [3.05, 3.63) is 33.8 Å². The first-order valence-electron chi connectivity index (χ1n) is 4.76. The number of halogens is 3. The molecule has 2 rings (SSSR count). The van der Waals surface area contributed by atoms with Crippen LogP contribution in [-0.2, 0) is 0 Å². The van der Waals surface area contributed by atoms with E-state index < -0.39 is 0 Å². The summed E-state index contributed by atoms with van der Waals surface area (Å²) in [5, 5.41) is 3.49. The minimum absolute atomic E-state index is 0.00503. The predicted octanol–water partition coefficient (Wildman–Crippen LogP) is 3.58. The molecule has 1 aromatic heterocycles. The Bertz CT molecular complexity index is 559. The minimum Gasteiger partial charge on any atom is -0.495 e.